The Bertz CT molecular complexity index is 830. The SMILES string of the molecule is CSc1cccc(NC(=O)NCc2cccn2Cc2ccccc2)c1. The maximum absolute atomic E-state index is 12.1. The van der Waals surface area contributed by atoms with Gasteiger partial charge in [-0.1, -0.05) is 36.4 Å². The molecular weight excluding hydrogens is 330 g/mol. The first-order valence-corrected chi connectivity index (χ1v) is 9.34. The molecule has 0 atom stereocenters. The number of aromatic nitrogens is 1. The number of hydrogen-bond acceptors (Lipinski definition) is 2. The van der Waals surface area contributed by atoms with Gasteiger partial charge in [-0.25, -0.2) is 4.79 Å². The van der Waals surface area contributed by atoms with Crippen molar-refractivity contribution in [2.75, 3.05) is 11.6 Å². The summed E-state index contributed by atoms with van der Waals surface area (Å²) >= 11 is 1.65. The Kier molecular flexibility index (Phi) is 5.80. The average Bonchev–Trinajstić information content (AvgIpc) is 3.08. The number of urea groups is 1. The van der Waals surface area contributed by atoms with Gasteiger partial charge in [-0.3, -0.25) is 0 Å². The fraction of sp³-hybridized carbons (Fsp3) is 0.150. The molecule has 0 aliphatic rings. The third kappa shape index (κ3) is 4.90. The first-order valence-electron chi connectivity index (χ1n) is 8.11. The van der Waals surface area contributed by atoms with Crippen LogP contribution in [0, 0.1) is 0 Å². The molecule has 3 aromatic rings. The van der Waals surface area contributed by atoms with Crippen LogP contribution in [0.1, 0.15) is 11.3 Å². The predicted octanol–water partition coefficient (Wildman–Crippen LogP) is 4.58. The predicted molar refractivity (Wildman–Crippen MR) is 104 cm³/mol. The Morgan fingerprint density at radius 2 is 1.88 bits per heavy atom. The van der Waals surface area contributed by atoms with E-state index in [4.69, 9.17) is 0 Å². The van der Waals surface area contributed by atoms with E-state index in [1.807, 2.05) is 67.0 Å². The molecule has 0 radical (unpaired) electrons. The van der Waals surface area contributed by atoms with Crippen LogP contribution in [0.5, 0.6) is 0 Å². The largest absolute Gasteiger partial charge is 0.345 e. The van der Waals surface area contributed by atoms with E-state index in [0.29, 0.717) is 6.54 Å². The lowest BCUT2D eigenvalue weighted by Gasteiger charge is -2.12. The van der Waals surface area contributed by atoms with Crippen molar-refractivity contribution in [2.24, 2.45) is 0 Å². The monoisotopic (exact) mass is 351 g/mol. The summed E-state index contributed by atoms with van der Waals surface area (Å²) < 4.78 is 2.14. The molecule has 25 heavy (non-hydrogen) atoms. The van der Waals surface area contributed by atoms with Gasteiger partial charge in [-0.05, 0) is 42.2 Å². The van der Waals surface area contributed by atoms with Crippen LogP contribution < -0.4 is 10.6 Å². The molecule has 2 N–H and O–H groups in total. The number of carbonyl (C=O) groups excluding carboxylic acids is 1. The number of rotatable bonds is 6. The van der Waals surface area contributed by atoms with Gasteiger partial charge in [0, 0.05) is 29.0 Å². The summed E-state index contributed by atoms with van der Waals surface area (Å²) in [6.07, 6.45) is 4.05. The molecule has 128 valence electrons. The molecule has 5 heteroatoms. The molecule has 1 heterocycles. The summed E-state index contributed by atoms with van der Waals surface area (Å²) in [5, 5.41) is 5.80. The smallest absolute Gasteiger partial charge is 0.319 e. The lowest BCUT2D eigenvalue weighted by molar-refractivity contribution is 0.251. The van der Waals surface area contributed by atoms with Crippen LogP contribution in [-0.2, 0) is 13.1 Å². The number of thioether (sulfide) groups is 1. The van der Waals surface area contributed by atoms with E-state index in [-0.39, 0.29) is 6.03 Å². The van der Waals surface area contributed by atoms with Crippen molar-refractivity contribution in [2.45, 2.75) is 18.0 Å². The summed E-state index contributed by atoms with van der Waals surface area (Å²) in [5.74, 6) is 0. The second-order valence-electron chi connectivity index (χ2n) is 5.65. The van der Waals surface area contributed by atoms with Crippen molar-refractivity contribution < 1.29 is 4.79 Å². The number of anilines is 1. The van der Waals surface area contributed by atoms with Gasteiger partial charge < -0.3 is 15.2 Å². The van der Waals surface area contributed by atoms with Crippen LogP contribution in [0.25, 0.3) is 0 Å². The average molecular weight is 351 g/mol. The van der Waals surface area contributed by atoms with E-state index in [1.54, 1.807) is 11.8 Å². The second kappa shape index (κ2) is 8.44. The zero-order chi connectivity index (χ0) is 17.5. The van der Waals surface area contributed by atoms with E-state index in [9.17, 15) is 4.79 Å². The number of hydrogen-bond donors (Lipinski definition) is 2. The Morgan fingerprint density at radius 3 is 2.68 bits per heavy atom. The van der Waals surface area contributed by atoms with Gasteiger partial charge in [0.05, 0.1) is 6.54 Å². The summed E-state index contributed by atoms with van der Waals surface area (Å²) in [4.78, 5) is 13.3. The van der Waals surface area contributed by atoms with Crippen molar-refractivity contribution in [3.63, 3.8) is 0 Å². The van der Waals surface area contributed by atoms with Crippen molar-refractivity contribution in [1.82, 2.24) is 9.88 Å². The third-order valence-corrected chi connectivity index (χ3v) is 4.60. The van der Waals surface area contributed by atoms with Crippen LogP contribution in [-0.4, -0.2) is 16.9 Å². The van der Waals surface area contributed by atoms with Gasteiger partial charge in [-0.15, -0.1) is 11.8 Å². The quantitative estimate of drug-likeness (QED) is 0.639. The maximum atomic E-state index is 12.1. The summed E-state index contributed by atoms with van der Waals surface area (Å²) in [7, 11) is 0. The number of nitrogens with zero attached hydrogens (tertiary/aromatic N) is 1. The van der Waals surface area contributed by atoms with Crippen molar-refractivity contribution in [3.05, 3.63) is 84.2 Å². The minimum Gasteiger partial charge on any atom is -0.345 e. The minimum atomic E-state index is -0.203. The highest BCUT2D eigenvalue weighted by Crippen LogP contribution is 2.18. The van der Waals surface area contributed by atoms with Crippen molar-refractivity contribution in [1.29, 1.82) is 0 Å². The first-order chi connectivity index (χ1) is 12.2. The molecule has 3 rings (SSSR count). The van der Waals surface area contributed by atoms with Gasteiger partial charge in [0.1, 0.15) is 0 Å². The fourth-order valence-corrected chi connectivity index (χ4v) is 3.05. The third-order valence-electron chi connectivity index (χ3n) is 3.88. The Labute approximate surface area is 152 Å². The standard InChI is InChI=1S/C20H21N3OS/c1-25-19-11-5-9-17(13-19)22-20(24)21-14-18-10-6-12-23(18)15-16-7-3-2-4-8-16/h2-13H,14-15H2,1H3,(H2,21,22,24). The Morgan fingerprint density at radius 1 is 1.04 bits per heavy atom. The molecule has 0 aliphatic heterocycles. The normalized spacial score (nSPS) is 10.4. The molecule has 0 aliphatic carbocycles. The summed E-state index contributed by atoms with van der Waals surface area (Å²) in [6.45, 7) is 1.27. The van der Waals surface area contributed by atoms with Gasteiger partial charge in [0.25, 0.3) is 0 Å². The zero-order valence-electron chi connectivity index (χ0n) is 14.1. The Balaban J connectivity index is 1.56. The second-order valence-corrected chi connectivity index (χ2v) is 6.53. The van der Waals surface area contributed by atoms with Crippen molar-refractivity contribution >= 4 is 23.5 Å². The topological polar surface area (TPSA) is 46.1 Å². The highest BCUT2D eigenvalue weighted by molar-refractivity contribution is 7.98. The van der Waals surface area contributed by atoms with Gasteiger partial charge in [0.2, 0.25) is 0 Å². The lowest BCUT2D eigenvalue weighted by Crippen LogP contribution is -2.29. The minimum absolute atomic E-state index is 0.203. The number of carbonyl (C=O) groups is 1. The molecular formula is C20H21N3OS. The van der Waals surface area contributed by atoms with Crippen LogP contribution in [0.3, 0.4) is 0 Å². The van der Waals surface area contributed by atoms with Gasteiger partial charge in [-0.2, -0.15) is 0 Å². The molecule has 1 aromatic heterocycles. The van der Waals surface area contributed by atoms with E-state index < -0.39 is 0 Å². The van der Waals surface area contributed by atoms with E-state index in [1.165, 1.54) is 5.56 Å². The highest BCUT2D eigenvalue weighted by Gasteiger charge is 2.06. The number of benzene rings is 2. The lowest BCUT2D eigenvalue weighted by atomic mass is 10.2. The number of amides is 2. The molecule has 2 aromatic carbocycles. The molecule has 4 nitrogen and oxygen atoms in total. The molecule has 0 saturated carbocycles. The molecule has 0 bridgehead atoms. The van der Waals surface area contributed by atoms with Crippen LogP contribution >= 0.6 is 11.8 Å². The van der Waals surface area contributed by atoms with Crippen LogP contribution in [0.4, 0.5) is 10.5 Å². The van der Waals surface area contributed by atoms with E-state index in [0.717, 1.165) is 22.8 Å². The molecule has 2 amide bonds. The zero-order valence-corrected chi connectivity index (χ0v) is 14.9. The molecule has 0 saturated heterocycles. The molecule has 0 spiro atoms. The highest BCUT2D eigenvalue weighted by atomic mass is 32.2. The Hall–Kier alpha value is -2.66. The first kappa shape index (κ1) is 17.2. The number of nitrogens with one attached hydrogen (secondary N) is 2. The van der Waals surface area contributed by atoms with Gasteiger partial charge in [0.15, 0.2) is 0 Å². The van der Waals surface area contributed by atoms with E-state index >= 15 is 0 Å². The van der Waals surface area contributed by atoms with E-state index in [2.05, 4.69) is 27.3 Å². The summed E-state index contributed by atoms with van der Waals surface area (Å²) in [6, 6.07) is 21.9. The summed E-state index contributed by atoms with van der Waals surface area (Å²) in [5.41, 5.74) is 3.10. The van der Waals surface area contributed by atoms with Gasteiger partial charge >= 0.3 is 6.03 Å². The van der Waals surface area contributed by atoms with Crippen molar-refractivity contribution in [3.8, 4) is 0 Å². The maximum Gasteiger partial charge on any atom is 0.319 e. The molecule has 0 fully saturated rings. The fourth-order valence-electron chi connectivity index (χ4n) is 2.59. The van der Waals surface area contributed by atoms with Crippen LogP contribution in [0.15, 0.2) is 77.8 Å². The molecule has 0 unspecified atom stereocenters. The van der Waals surface area contributed by atoms with Crippen LogP contribution in [0.2, 0.25) is 0 Å².